The zero-order chi connectivity index (χ0) is 22.5. The lowest BCUT2D eigenvalue weighted by Gasteiger charge is -2.18. The van der Waals surface area contributed by atoms with Crippen LogP contribution in [0.15, 0.2) is 16.6 Å². The van der Waals surface area contributed by atoms with E-state index in [-0.39, 0.29) is 17.7 Å². The van der Waals surface area contributed by atoms with Gasteiger partial charge in [0.15, 0.2) is 11.0 Å². The number of nitrogens with zero attached hydrogens (tertiary/aromatic N) is 5. The molecule has 172 valence electrons. The Morgan fingerprint density at radius 3 is 2.78 bits per heavy atom. The van der Waals surface area contributed by atoms with Crippen molar-refractivity contribution in [2.45, 2.75) is 82.8 Å². The molecule has 4 rings (SSSR count). The van der Waals surface area contributed by atoms with Gasteiger partial charge in [0.05, 0.1) is 5.75 Å². The van der Waals surface area contributed by atoms with E-state index in [0.29, 0.717) is 11.0 Å². The zero-order valence-corrected chi connectivity index (χ0v) is 21.3. The highest BCUT2D eigenvalue weighted by atomic mass is 32.2. The minimum absolute atomic E-state index is 0.0954. The predicted octanol–water partition coefficient (Wildman–Crippen LogP) is 6.17. The fourth-order valence-electron chi connectivity index (χ4n) is 4.00. The Morgan fingerprint density at radius 1 is 1.22 bits per heavy atom. The lowest BCUT2D eigenvalue weighted by atomic mass is 9.90. The second kappa shape index (κ2) is 10.9. The van der Waals surface area contributed by atoms with Crippen LogP contribution in [0.2, 0.25) is 0 Å². The van der Waals surface area contributed by atoms with Crippen LogP contribution in [-0.2, 0) is 11.2 Å². The van der Waals surface area contributed by atoms with Gasteiger partial charge in [-0.2, -0.15) is 0 Å². The van der Waals surface area contributed by atoms with Crippen LogP contribution >= 0.6 is 34.4 Å². The van der Waals surface area contributed by atoms with Gasteiger partial charge < -0.3 is 0 Å². The molecular weight excluding hydrogens is 460 g/mol. The third kappa shape index (κ3) is 5.58. The van der Waals surface area contributed by atoms with E-state index >= 15 is 0 Å². The lowest BCUT2D eigenvalue weighted by Crippen LogP contribution is -2.15. The zero-order valence-electron chi connectivity index (χ0n) is 18.8. The molecule has 0 aliphatic heterocycles. The summed E-state index contributed by atoms with van der Waals surface area (Å²) in [5.41, 5.74) is 1.10. The molecule has 7 nitrogen and oxygen atoms in total. The summed E-state index contributed by atoms with van der Waals surface area (Å²) in [6.07, 6.45) is 8.38. The first kappa shape index (κ1) is 23.4. The summed E-state index contributed by atoms with van der Waals surface area (Å²) >= 11 is 4.68. The number of rotatable bonds is 9. The normalized spacial score (nSPS) is 14.9. The molecule has 3 aromatic rings. The van der Waals surface area contributed by atoms with Gasteiger partial charge in [-0.15, -0.1) is 31.7 Å². The fraction of sp³-hybridized carbons (Fsp3) is 0.591. The minimum atomic E-state index is -0.0954. The monoisotopic (exact) mass is 490 g/mol. The third-order valence-corrected chi connectivity index (χ3v) is 8.50. The smallest absolute Gasteiger partial charge is 0.236 e. The Morgan fingerprint density at radius 2 is 2.03 bits per heavy atom. The number of carbonyl (C=O) groups is 1. The van der Waals surface area contributed by atoms with Crippen molar-refractivity contribution in [2.75, 3.05) is 11.1 Å². The van der Waals surface area contributed by atoms with Crippen molar-refractivity contribution in [3.8, 4) is 11.4 Å². The topological polar surface area (TPSA) is 85.6 Å². The van der Waals surface area contributed by atoms with Crippen molar-refractivity contribution >= 4 is 45.5 Å². The first-order chi connectivity index (χ1) is 15.5. The summed E-state index contributed by atoms with van der Waals surface area (Å²) in [6.45, 7) is 6.42. The van der Waals surface area contributed by atoms with E-state index in [1.807, 2.05) is 0 Å². The number of nitrogens with one attached hydrogen (secondary N) is 1. The summed E-state index contributed by atoms with van der Waals surface area (Å²) in [7, 11) is 0. The van der Waals surface area contributed by atoms with Gasteiger partial charge in [0.25, 0.3) is 0 Å². The van der Waals surface area contributed by atoms with Crippen molar-refractivity contribution in [3.63, 3.8) is 0 Å². The van der Waals surface area contributed by atoms with Crippen LogP contribution < -0.4 is 5.32 Å². The van der Waals surface area contributed by atoms with Gasteiger partial charge in [-0.1, -0.05) is 55.7 Å². The number of aryl methyl sites for hydroxylation is 1. The Hall–Kier alpha value is -1.78. The number of anilines is 1. The molecule has 1 N–H and O–H groups in total. The van der Waals surface area contributed by atoms with Gasteiger partial charge in [-0.25, -0.2) is 0 Å². The Bertz CT molecular complexity index is 1030. The summed E-state index contributed by atoms with van der Waals surface area (Å²) in [4.78, 5) is 13.9. The SMILES string of the molecule is CCCc1cc(-c2nnc(SCC(=O)Nc3nnc(C4CCCCC4)s3)n2C(C)C)cs1. The average molecular weight is 491 g/mol. The first-order valence-corrected chi connectivity index (χ1v) is 14.0. The lowest BCUT2D eigenvalue weighted by molar-refractivity contribution is -0.113. The molecular formula is C22H30N6OS3. The van der Waals surface area contributed by atoms with Crippen molar-refractivity contribution in [3.05, 3.63) is 21.3 Å². The third-order valence-electron chi connectivity index (χ3n) is 5.56. The number of aromatic nitrogens is 5. The number of thiophene rings is 1. The summed E-state index contributed by atoms with van der Waals surface area (Å²) in [6, 6.07) is 2.40. The first-order valence-electron chi connectivity index (χ1n) is 11.3. The number of hydrogen-bond donors (Lipinski definition) is 1. The molecule has 0 aromatic carbocycles. The van der Waals surface area contributed by atoms with Crippen LogP contribution in [0, 0.1) is 0 Å². The van der Waals surface area contributed by atoms with E-state index in [2.05, 4.69) is 62.5 Å². The molecule has 0 saturated heterocycles. The molecule has 0 spiro atoms. The van der Waals surface area contributed by atoms with Gasteiger partial charge in [-0.05, 0) is 39.2 Å². The number of thioether (sulfide) groups is 1. The van der Waals surface area contributed by atoms with Crippen LogP contribution in [0.4, 0.5) is 5.13 Å². The quantitative estimate of drug-likeness (QED) is 0.361. The van der Waals surface area contributed by atoms with Crippen LogP contribution in [-0.4, -0.2) is 36.6 Å². The van der Waals surface area contributed by atoms with Crippen molar-refractivity contribution < 1.29 is 4.79 Å². The van der Waals surface area contributed by atoms with Gasteiger partial charge in [0.2, 0.25) is 11.0 Å². The standard InChI is InChI=1S/C22H30N6OS3/c1-4-8-17-11-16(12-30-17)19-24-27-22(28(19)14(2)3)31-13-18(29)23-21-26-25-20(32-21)15-9-6-5-7-10-15/h11-12,14-15H,4-10,13H2,1-3H3,(H,23,26,29). The molecule has 0 radical (unpaired) electrons. The van der Waals surface area contributed by atoms with E-state index in [1.165, 1.54) is 60.1 Å². The van der Waals surface area contributed by atoms with E-state index in [4.69, 9.17) is 0 Å². The highest BCUT2D eigenvalue weighted by Gasteiger charge is 2.21. The van der Waals surface area contributed by atoms with Crippen LogP contribution in [0.1, 0.15) is 81.1 Å². The molecule has 0 bridgehead atoms. The molecule has 1 fully saturated rings. The molecule has 32 heavy (non-hydrogen) atoms. The van der Waals surface area contributed by atoms with E-state index in [9.17, 15) is 4.79 Å². The Labute approximate surface area is 201 Å². The molecule has 1 amide bonds. The molecule has 0 unspecified atom stereocenters. The van der Waals surface area contributed by atoms with E-state index < -0.39 is 0 Å². The Balaban J connectivity index is 1.38. The van der Waals surface area contributed by atoms with Crippen molar-refractivity contribution in [2.24, 2.45) is 0 Å². The van der Waals surface area contributed by atoms with E-state index in [0.717, 1.165) is 34.4 Å². The maximum atomic E-state index is 12.6. The number of amides is 1. The summed E-state index contributed by atoms with van der Waals surface area (Å²) in [5.74, 6) is 1.53. The van der Waals surface area contributed by atoms with E-state index in [1.54, 1.807) is 11.3 Å². The molecule has 0 atom stereocenters. The number of hydrogen-bond acceptors (Lipinski definition) is 8. The summed E-state index contributed by atoms with van der Waals surface area (Å²) in [5, 5.41) is 24.8. The minimum Gasteiger partial charge on any atom is -0.300 e. The fourth-order valence-corrected chi connectivity index (χ4v) is 6.76. The van der Waals surface area contributed by atoms with Crippen molar-refractivity contribution in [1.82, 2.24) is 25.0 Å². The molecule has 3 aromatic heterocycles. The molecule has 10 heteroatoms. The van der Waals surface area contributed by atoms with Gasteiger partial charge >= 0.3 is 0 Å². The van der Waals surface area contributed by atoms with Crippen LogP contribution in [0.25, 0.3) is 11.4 Å². The van der Waals surface area contributed by atoms with Crippen molar-refractivity contribution in [1.29, 1.82) is 0 Å². The number of carbonyl (C=O) groups excluding carboxylic acids is 1. The van der Waals surface area contributed by atoms with Gasteiger partial charge in [0, 0.05) is 27.8 Å². The highest BCUT2D eigenvalue weighted by molar-refractivity contribution is 7.99. The highest BCUT2D eigenvalue weighted by Crippen LogP contribution is 2.35. The predicted molar refractivity (Wildman–Crippen MR) is 133 cm³/mol. The second-order valence-electron chi connectivity index (χ2n) is 8.44. The molecule has 1 saturated carbocycles. The average Bonchev–Trinajstić information content (AvgIpc) is 3.52. The molecule has 1 aliphatic carbocycles. The largest absolute Gasteiger partial charge is 0.300 e. The van der Waals surface area contributed by atoms with Crippen LogP contribution in [0.3, 0.4) is 0 Å². The van der Waals surface area contributed by atoms with Crippen LogP contribution in [0.5, 0.6) is 0 Å². The maximum absolute atomic E-state index is 12.6. The second-order valence-corrected chi connectivity index (χ2v) is 11.4. The summed E-state index contributed by atoms with van der Waals surface area (Å²) < 4.78 is 2.11. The van der Waals surface area contributed by atoms with Gasteiger partial charge in [-0.3, -0.25) is 14.7 Å². The maximum Gasteiger partial charge on any atom is 0.236 e. The Kier molecular flexibility index (Phi) is 7.96. The molecule has 3 heterocycles. The molecule has 1 aliphatic rings. The van der Waals surface area contributed by atoms with Gasteiger partial charge in [0.1, 0.15) is 5.01 Å².